The van der Waals surface area contributed by atoms with Crippen molar-refractivity contribution in [1.82, 2.24) is 14.9 Å². The number of benzene rings is 2. The Morgan fingerprint density at radius 2 is 1.83 bits per heavy atom. The van der Waals surface area contributed by atoms with Crippen LogP contribution in [0, 0.1) is 5.82 Å². The third-order valence-electron chi connectivity index (χ3n) is 5.26. The highest BCUT2D eigenvalue weighted by atomic mass is 32.1. The molecule has 0 aliphatic heterocycles. The lowest BCUT2D eigenvalue weighted by Gasteiger charge is -2.21. The van der Waals surface area contributed by atoms with Crippen LogP contribution in [0.5, 0.6) is 0 Å². The van der Waals surface area contributed by atoms with E-state index >= 15 is 0 Å². The van der Waals surface area contributed by atoms with E-state index in [1.54, 1.807) is 6.07 Å². The predicted molar refractivity (Wildman–Crippen MR) is 114 cm³/mol. The van der Waals surface area contributed by atoms with Gasteiger partial charge in [-0.3, -0.25) is 9.69 Å². The number of H-pyrrole nitrogens is 1. The van der Waals surface area contributed by atoms with Gasteiger partial charge in [-0.15, -0.1) is 11.3 Å². The second kappa shape index (κ2) is 7.54. The van der Waals surface area contributed by atoms with Crippen LogP contribution >= 0.6 is 11.3 Å². The lowest BCUT2D eigenvalue weighted by Crippen LogP contribution is -2.27. The summed E-state index contributed by atoms with van der Waals surface area (Å²) in [6, 6.07) is 19.2. The molecule has 1 fully saturated rings. The molecule has 29 heavy (non-hydrogen) atoms. The molecular formula is C23H20FN3OS. The zero-order chi connectivity index (χ0) is 19.8. The van der Waals surface area contributed by atoms with Crippen molar-refractivity contribution in [1.29, 1.82) is 0 Å². The summed E-state index contributed by atoms with van der Waals surface area (Å²) in [7, 11) is 0. The minimum absolute atomic E-state index is 0.120. The third-order valence-corrected chi connectivity index (χ3v) is 6.34. The first kappa shape index (κ1) is 18.2. The van der Waals surface area contributed by atoms with Gasteiger partial charge >= 0.3 is 0 Å². The zero-order valence-corrected chi connectivity index (χ0v) is 16.6. The Labute approximate surface area is 171 Å². The standard InChI is InChI=1S/C23H20FN3OS/c24-19-9-5-4-8-16(19)13-27(17-10-11-17)14-21-25-22(28)18-12-20(29-23(18)26-21)15-6-2-1-3-7-15/h1-9,12,17H,10-11,13-14H2,(H,25,26,28). The van der Waals surface area contributed by atoms with Gasteiger partial charge in [0.1, 0.15) is 16.5 Å². The van der Waals surface area contributed by atoms with Crippen LogP contribution in [0.3, 0.4) is 0 Å². The average molecular weight is 405 g/mol. The van der Waals surface area contributed by atoms with Crippen molar-refractivity contribution in [2.75, 3.05) is 0 Å². The highest BCUT2D eigenvalue weighted by Crippen LogP contribution is 2.32. The molecule has 0 unspecified atom stereocenters. The summed E-state index contributed by atoms with van der Waals surface area (Å²) in [6.45, 7) is 1.02. The summed E-state index contributed by atoms with van der Waals surface area (Å²) >= 11 is 1.53. The largest absolute Gasteiger partial charge is 0.309 e. The van der Waals surface area contributed by atoms with Crippen LogP contribution in [-0.2, 0) is 13.1 Å². The SMILES string of the molecule is O=c1[nH]c(CN(Cc2ccccc2F)C2CC2)nc2sc(-c3ccccc3)cc12. The molecule has 2 aromatic carbocycles. The van der Waals surface area contributed by atoms with Gasteiger partial charge in [0.15, 0.2) is 0 Å². The summed E-state index contributed by atoms with van der Waals surface area (Å²) in [4.78, 5) is 24.3. The summed E-state index contributed by atoms with van der Waals surface area (Å²) < 4.78 is 14.1. The fourth-order valence-electron chi connectivity index (χ4n) is 3.59. The maximum Gasteiger partial charge on any atom is 0.259 e. The van der Waals surface area contributed by atoms with Crippen molar-refractivity contribution in [3.8, 4) is 10.4 Å². The number of thiophene rings is 1. The van der Waals surface area contributed by atoms with Gasteiger partial charge in [0.2, 0.25) is 0 Å². The average Bonchev–Trinajstić information content (AvgIpc) is 3.49. The second-order valence-corrected chi connectivity index (χ2v) is 8.47. The van der Waals surface area contributed by atoms with Crippen LogP contribution < -0.4 is 5.56 Å². The maximum absolute atomic E-state index is 14.1. The van der Waals surface area contributed by atoms with Crippen LogP contribution in [0.2, 0.25) is 0 Å². The molecule has 1 saturated carbocycles. The zero-order valence-electron chi connectivity index (χ0n) is 15.8. The van der Waals surface area contributed by atoms with Crippen molar-refractivity contribution >= 4 is 21.6 Å². The lowest BCUT2D eigenvalue weighted by molar-refractivity contribution is 0.236. The first-order valence-electron chi connectivity index (χ1n) is 9.73. The van der Waals surface area contributed by atoms with E-state index in [0.29, 0.717) is 35.9 Å². The summed E-state index contributed by atoms with van der Waals surface area (Å²) in [6.07, 6.45) is 2.19. The number of aromatic nitrogens is 2. The van der Waals surface area contributed by atoms with Crippen molar-refractivity contribution < 1.29 is 4.39 Å². The normalized spacial score (nSPS) is 14.0. The minimum atomic E-state index is -0.194. The number of rotatable bonds is 6. The van der Waals surface area contributed by atoms with E-state index in [-0.39, 0.29) is 11.4 Å². The van der Waals surface area contributed by atoms with Crippen molar-refractivity contribution in [3.05, 3.63) is 88.2 Å². The van der Waals surface area contributed by atoms with Gasteiger partial charge in [0, 0.05) is 23.0 Å². The quantitative estimate of drug-likeness (QED) is 0.493. The van der Waals surface area contributed by atoms with E-state index in [4.69, 9.17) is 4.98 Å². The third kappa shape index (κ3) is 3.86. The first-order valence-corrected chi connectivity index (χ1v) is 10.5. The number of fused-ring (bicyclic) bond motifs is 1. The number of halogens is 1. The van der Waals surface area contributed by atoms with E-state index in [0.717, 1.165) is 28.1 Å². The molecule has 4 aromatic rings. The lowest BCUT2D eigenvalue weighted by atomic mass is 10.2. The monoisotopic (exact) mass is 405 g/mol. The highest BCUT2D eigenvalue weighted by molar-refractivity contribution is 7.21. The Bertz CT molecular complexity index is 1210. The molecule has 0 atom stereocenters. The van der Waals surface area contributed by atoms with E-state index in [1.165, 1.54) is 17.4 Å². The molecular weight excluding hydrogens is 385 g/mol. The molecule has 6 heteroatoms. The summed E-state index contributed by atoms with van der Waals surface area (Å²) in [5, 5.41) is 0.615. The smallest absolute Gasteiger partial charge is 0.259 e. The Balaban J connectivity index is 1.45. The molecule has 0 spiro atoms. The molecule has 146 valence electrons. The molecule has 0 radical (unpaired) electrons. The van der Waals surface area contributed by atoms with E-state index in [2.05, 4.69) is 9.88 Å². The molecule has 2 aromatic heterocycles. The topological polar surface area (TPSA) is 49.0 Å². The Hall–Kier alpha value is -2.83. The predicted octanol–water partition coefficient (Wildman–Crippen LogP) is 4.96. The summed E-state index contributed by atoms with van der Waals surface area (Å²) in [5.41, 5.74) is 1.63. The van der Waals surface area contributed by atoms with Gasteiger partial charge in [-0.1, -0.05) is 48.5 Å². The molecule has 1 aliphatic rings. The van der Waals surface area contributed by atoms with Gasteiger partial charge in [0.05, 0.1) is 11.9 Å². The Morgan fingerprint density at radius 3 is 2.59 bits per heavy atom. The first-order chi connectivity index (χ1) is 14.2. The summed E-state index contributed by atoms with van der Waals surface area (Å²) in [5.74, 6) is 0.438. The van der Waals surface area contributed by atoms with Crippen molar-refractivity contribution in [2.45, 2.75) is 32.0 Å². The van der Waals surface area contributed by atoms with Gasteiger partial charge < -0.3 is 4.98 Å². The van der Waals surface area contributed by atoms with Crippen LogP contribution in [-0.4, -0.2) is 20.9 Å². The number of nitrogens with zero attached hydrogens (tertiary/aromatic N) is 2. The van der Waals surface area contributed by atoms with Crippen LogP contribution in [0.4, 0.5) is 4.39 Å². The van der Waals surface area contributed by atoms with Gasteiger partial charge in [0.25, 0.3) is 5.56 Å². The van der Waals surface area contributed by atoms with Gasteiger partial charge in [-0.05, 0) is 30.5 Å². The molecule has 1 aliphatic carbocycles. The van der Waals surface area contributed by atoms with Crippen molar-refractivity contribution in [3.63, 3.8) is 0 Å². The van der Waals surface area contributed by atoms with Crippen LogP contribution in [0.15, 0.2) is 65.5 Å². The van der Waals surface area contributed by atoms with E-state index < -0.39 is 0 Å². The van der Waals surface area contributed by atoms with Gasteiger partial charge in [-0.25, -0.2) is 9.37 Å². The number of nitrogens with one attached hydrogen (secondary N) is 1. The highest BCUT2D eigenvalue weighted by Gasteiger charge is 2.30. The van der Waals surface area contributed by atoms with Gasteiger partial charge in [-0.2, -0.15) is 0 Å². The molecule has 2 heterocycles. The van der Waals surface area contributed by atoms with Crippen molar-refractivity contribution in [2.24, 2.45) is 0 Å². The van der Waals surface area contributed by atoms with Crippen LogP contribution in [0.1, 0.15) is 24.2 Å². The Morgan fingerprint density at radius 1 is 1.07 bits per heavy atom. The second-order valence-electron chi connectivity index (χ2n) is 7.44. The molecule has 0 saturated heterocycles. The van der Waals surface area contributed by atoms with E-state index in [1.807, 2.05) is 48.5 Å². The maximum atomic E-state index is 14.1. The molecule has 0 bridgehead atoms. The van der Waals surface area contributed by atoms with E-state index in [9.17, 15) is 9.18 Å². The number of hydrogen-bond acceptors (Lipinski definition) is 4. The molecule has 4 nitrogen and oxygen atoms in total. The fourth-order valence-corrected chi connectivity index (χ4v) is 4.64. The Kier molecular flexibility index (Phi) is 4.73. The minimum Gasteiger partial charge on any atom is -0.309 e. The molecule has 0 amide bonds. The van der Waals surface area contributed by atoms with Crippen LogP contribution in [0.25, 0.3) is 20.7 Å². The number of hydrogen-bond donors (Lipinski definition) is 1. The fraction of sp³-hybridized carbons (Fsp3) is 0.217. The molecule has 1 N–H and O–H groups in total. The number of aromatic amines is 1. The molecule has 5 rings (SSSR count).